The Morgan fingerprint density at radius 3 is 2.46 bits per heavy atom. The van der Waals surface area contributed by atoms with E-state index in [2.05, 4.69) is 22.5 Å². The summed E-state index contributed by atoms with van der Waals surface area (Å²) in [4.78, 5) is 28.5. The summed E-state index contributed by atoms with van der Waals surface area (Å²) in [7, 11) is 0. The highest BCUT2D eigenvalue weighted by molar-refractivity contribution is 6.06. The molecule has 0 bridgehead atoms. The molecule has 0 radical (unpaired) electrons. The van der Waals surface area contributed by atoms with E-state index in [9.17, 15) is 9.59 Å². The molecule has 126 valence electrons. The van der Waals surface area contributed by atoms with E-state index in [1.54, 1.807) is 6.07 Å². The average molecular weight is 325 g/mol. The molecule has 0 aliphatic rings. The SMILES string of the molecule is CCCCNC(=O)c1cncc(C(=O)Nc2cc(C)ccc2C)c1. The van der Waals surface area contributed by atoms with Crippen LogP contribution in [0.25, 0.3) is 0 Å². The van der Waals surface area contributed by atoms with Gasteiger partial charge < -0.3 is 10.6 Å². The lowest BCUT2D eigenvalue weighted by Gasteiger charge is -2.10. The van der Waals surface area contributed by atoms with Gasteiger partial charge in [-0.1, -0.05) is 25.5 Å². The normalized spacial score (nSPS) is 10.3. The summed E-state index contributed by atoms with van der Waals surface area (Å²) < 4.78 is 0. The first-order chi connectivity index (χ1) is 11.5. The number of hydrogen-bond donors (Lipinski definition) is 2. The minimum absolute atomic E-state index is 0.211. The van der Waals surface area contributed by atoms with Crippen LogP contribution < -0.4 is 10.6 Å². The predicted octanol–water partition coefficient (Wildman–Crippen LogP) is 3.48. The second-order valence-corrected chi connectivity index (χ2v) is 5.84. The Morgan fingerprint density at radius 2 is 1.75 bits per heavy atom. The van der Waals surface area contributed by atoms with Gasteiger partial charge in [-0.3, -0.25) is 14.6 Å². The average Bonchev–Trinajstić information content (AvgIpc) is 2.58. The number of carbonyl (C=O) groups excluding carboxylic acids is 2. The van der Waals surface area contributed by atoms with Crippen LogP contribution in [-0.2, 0) is 0 Å². The highest BCUT2D eigenvalue weighted by Gasteiger charge is 2.12. The van der Waals surface area contributed by atoms with Crippen molar-refractivity contribution in [3.8, 4) is 0 Å². The second kappa shape index (κ2) is 8.24. The summed E-state index contributed by atoms with van der Waals surface area (Å²) >= 11 is 0. The molecule has 1 aromatic carbocycles. The minimum Gasteiger partial charge on any atom is -0.352 e. The van der Waals surface area contributed by atoms with E-state index in [1.165, 1.54) is 12.4 Å². The molecule has 2 aromatic rings. The molecule has 0 saturated carbocycles. The Hall–Kier alpha value is -2.69. The highest BCUT2D eigenvalue weighted by atomic mass is 16.2. The molecular formula is C19H23N3O2. The van der Waals surface area contributed by atoms with Crippen LogP contribution in [0.1, 0.15) is 51.6 Å². The van der Waals surface area contributed by atoms with E-state index in [0.29, 0.717) is 17.7 Å². The number of hydrogen-bond acceptors (Lipinski definition) is 3. The van der Waals surface area contributed by atoms with Crippen molar-refractivity contribution in [3.63, 3.8) is 0 Å². The second-order valence-electron chi connectivity index (χ2n) is 5.84. The Kier molecular flexibility index (Phi) is 6.07. The number of anilines is 1. The fourth-order valence-corrected chi connectivity index (χ4v) is 2.23. The Labute approximate surface area is 142 Å². The number of aryl methyl sites for hydroxylation is 2. The van der Waals surface area contributed by atoms with Crippen molar-refractivity contribution < 1.29 is 9.59 Å². The predicted molar refractivity (Wildman–Crippen MR) is 95.3 cm³/mol. The number of nitrogens with one attached hydrogen (secondary N) is 2. The summed E-state index contributed by atoms with van der Waals surface area (Å²) in [6, 6.07) is 7.44. The van der Waals surface area contributed by atoms with Crippen molar-refractivity contribution >= 4 is 17.5 Å². The van der Waals surface area contributed by atoms with Gasteiger partial charge in [-0.2, -0.15) is 0 Å². The molecule has 5 nitrogen and oxygen atoms in total. The lowest BCUT2D eigenvalue weighted by atomic mass is 10.1. The van der Waals surface area contributed by atoms with Crippen LogP contribution in [0.5, 0.6) is 0 Å². The van der Waals surface area contributed by atoms with Gasteiger partial charge in [0, 0.05) is 24.6 Å². The number of carbonyl (C=O) groups is 2. The molecule has 0 atom stereocenters. The van der Waals surface area contributed by atoms with Crippen molar-refractivity contribution in [2.75, 3.05) is 11.9 Å². The minimum atomic E-state index is -0.278. The maximum absolute atomic E-state index is 12.4. The van der Waals surface area contributed by atoms with E-state index >= 15 is 0 Å². The third kappa shape index (κ3) is 4.65. The topological polar surface area (TPSA) is 71.1 Å². The van der Waals surface area contributed by atoms with Crippen molar-refractivity contribution in [3.05, 3.63) is 58.9 Å². The third-order valence-electron chi connectivity index (χ3n) is 3.72. The van der Waals surface area contributed by atoms with Gasteiger partial charge in [-0.25, -0.2) is 0 Å². The molecule has 1 aromatic heterocycles. The van der Waals surface area contributed by atoms with Gasteiger partial charge in [-0.15, -0.1) is 0 Å². The Balaban J connectivity index is 2.11. The third-order valence-corrected chi connectivity index (χ3v) is 3.72. The number of benzene rings is 1. The molecular weight excluding hydrogens is 302 g/mol. The summed E-state index contributed by atoms with van der Waals surface area (Å²) in [5.74, 6) is -0.489. The van der Waals surface area contributed by atoms with E-state index < -0.39 is 0 Å². The van der Waals surface area contributed by atoms with Gasteiger partial charge in [0.25, 0.3) is 11.8 Å². The van der Waals surface area contributed by atoms with Crippen molar-refractivity contribution in [2.24, 2.45) is 0 Å². The largest absolute Gasteiger partial charge is 0.352 e. The van der Waals surface area contributed by atoms with Gasteiger partial charge in [0.1, 0.15) is 0 Å². The van der Waals surface area contributed by atoms with Gasteiger partial charge in [-0.05, 0) is 43.5 Å². The van der Waals surface area contributed by atoms with E-state index in [1.807, 2.05) is 32.0 Å². The lowest BCUT2D eigenvalue weighted by Crippen LogP contribution is -2.25. The van der Waals surface area contributed by atoms with Crippen molar-refractivity contribution in [1.82, 2.24) is 10.3 Å². The fraction of sp³-hybridized carbons (Fsp3) is 0.316. The monoisotopic (exact) mass is 325 g/mol. The molecule has 5 heteroatoms. The first-order valence-corrected chi connectivity index (χ1v) is 8.13. The maximum atomic E-state index is 12.4. The zero-order valence-corrected chi connectivity index (χ0v) is 14.3. The zero-order valence-electron chi connectivity index (χ0n) is 14.3. The van der Waals surface area contributed by atoms with Gasteiger partial charge >= 0.3 is 0 Å². The van der Waals surface area contributed by atoms with Crippen LogP contribution in [0.4, 0.5) is 5.69 Å². The fourth-order valence-electron chi connectivity index (χ4n) is 2.23. The van der Waals surface area contributed by atoms with Crippen LogP contribution in [0.2, 0.25) is 0 Å². The molecule has 1 heterocycles. The maximum Gasteiger partial charge on any atom is 0.257 e. The molecule has 0 aliphatic carbocycles. The molecule has 2 N–H and O–H groups in total. The van der Waals surface area contributed by atoms with Gasteiger partial charge in [0.15, 0.2) is 0 Å². The zero-order chi connectivity index (χ0) is 17.5. The number of nitrogens with zero attached hydrogens (tertiary/aromatic N) is 1. The van der Waals surface area contributed by atoms with Gasteiger partial charge in [0.05, 0.1) is 11.1 Å². The molecule has 0 spiro atoms. The summed E-state index contributed by atoms with van der Waals surface area (Å²) in [6.07, 6.45) is 4.86. The van der Waals surface area contributed by atoms with Crippen molar-refractivity contribution in [2.45, 2.75) is 33.6 Å². The quantitative estimate of drug-likeness (QED) is 0.799. The van der Waals surface area contributed by atoms with Crippen molar-refractivity contribution in [1.29, 1.82) is 0 Å². The smallest absolute Gasteiger partial charge is 0.257 e. The molecule has 0 aliphatic heterocycles. The van der Waals surface area contributed by atoms with Crippen LogP contribution in [-0.4, -0.2) is 23.3 Å². The first kappa shape index (κ1) is 17.7. The van der Waals surface area contributed by atoms with E-state index in [0.717, 1.165) is 29.7 Å². The number of aromatic nitrogens is 1. The Bertz CT molecular complexity index is 741. The molecule has 24 heavy (non-hydrogen) atoms. The van der Waals surface area contributed by atoms with Gasteiger partial charge in [0.2, 0.25) is 0 Å². The molecule has 2 amide bonds. The molecule has 0 fully saturated rings. The van der Waals surface area contributed by atoms with Crippen LogP contribution in [0, 0.1) is 13.8 Å². The molecule has 0 saturated heterocycles. The summed E-state index contributed by atoms with van der Waals surface area (Å²) in [6.45, 7) is 6.59. The number of amides is 2. The molecule has 0 unspecified atom stereocenters. The summed E-state index contributed by atoms with van der Waals surface area (Å²) in [5, 5.41) is 5.70. The highest BCUT2D eigenvalue weighted by Crippen LogP contribution is 2.17. The van der Waals surface area contributed by atoms with E-state index in [-0.39, 0.29) is 11.8 Å². The molecule has 2 rings (SSSR count). The number of unbranched alkanes of at least 4 members (excludes halogenated alkanes) is 1. The lowest BCUT2D eigenvalue weighted by molar-refractivity contribution is 0.0953. The first-order valence-electron chi connectivity index (χ1n) is 8.13. The number of pyridine rings is 1. The standard InChI is InChI=1S/C19H23N3O2/c1-4-5-8-21-18(23)15-10-16(12-20-11-15)19(24)22-17-9-13(2)6-7-14(17)3/h6-7,9-12H,4-5,8H2,1-3H3,(H,21,23)(H,22,24). The van der Waals surface area contributed by atoms with Crippen LogP contribution in [0.3, 0.4) is 0 Å². The summed E-state index contributed by atoms with van der Waals surface area (Å²) in [5.41, 5.74) is 3.56. The van der Waals surface area contributed by atoms with E-state index in [4.69, 9.17) is 0 Å². The van der Waals surface area contributed by atoms with Crippen LogP contribution in [0.15, 0.2) is 36.7 Å². The Morgan fingerprint density at radius 1 is 1.04 bits per heavy atom. The van der Waals surface area contributed by atoms with Crippen LogP contribution >= 0.6 is 0 Å². The number of rotatable bonds is 6.